The second-order valence-corrected chi connectivity index (χ2v) is 11.1. The predicted molar refractivity (Wildman–Crippen MR) is 165 cm³/mol. The number of aryl methyl sites for hydroxylation is 2. The van der Waals surface area contributed by atoms with Crippen molar-refractivity contribution in [1.29, 1.82) is 0 Å². The summed E-state index contributed by atoms with van der Waals surface area (Å²) in [6.45, 7) is 6.15. The third-order valence-corrected chi connectivity index (χ3v) is 7.63. The molecule has 0 aliphatic heterocycles. The average Bonchev–Trinajstić information content (AvgIpc) is 3.37. The number of nitrogens with one attached hydrogen (secondary N) is 2. The lowest BCUT2D eigenvalue weighted by Crippen LogP contribution is -2.28. The Morgan fingerprint density at radius 3 is 2.50 bits per heavy atom. The molecule has 13 nitrogen and oxygen atoms in total. The van der Waals surface area contributed by atoms with E-state index in [1.165, 1.54) is 0 Å². The molecule has 0 aliphatic carbocycles. The Hall–Kier alpha value is -4.53. The molecule has 5 rings (SSSR count). The van der Waals surface area contributed by atoms with E-state index < -0.39 is 0 Å². The molecular weight excluding hydrogens is 552 g/mol. The van der Waals surface area contributed by atoms with Gasteiger partial charge in [-0.3, -0.25) is 4.90 Å². The highest BCUT2D eigenvalue weighted by molar-refractivity contribution is 7.18. The van der Waals surface area contributed by atoms with Gasteiger partial charge in [0, 0.05) is 30.4 Å². The van der Waals surface area contributed by atoms with Gasteiger partial charge in [0.1, 0.15) is 17.4 Å². The molecule has 0 amide bonds. The van der Waals surface area contributed by atoms with Crippen LogP contribution in [-0.4, -0.2) is 74.0 Å². The largest absolute Gasteiger partial charge is 0.492 e. The van der Waals surface area contributed by atoms with Crippen LogP contribution in [0, 0.1) is 13.8 Å². The van der Waals surface area contributed by atoms with Gasteiger partial charge in [-0.2, -0.15) is 10.2 Å². The van der Waals surface area contributed by atoms with Crippen LogP contribution < -0.4 is 26.8 Å². The smallest absolute Gasteiger partial charge is 0.243 e. The standard InChI is InChI=1S/C28H34N12OS/c1-16-9-18(31-14-23(40(3)4)21-12-33-38-27(30)36-21)10-17(2)26(16)22-13-34-39-28(37-22)32-15-25-35-20-11-19(41-8-7-29)5-6-24(20)42-25/h5-6,9-13,23,31H,7-8,14-15,29H2,1-4H3,(H2,30,36,38)(H,32,37,39). The summed E-state index contributed by atoms with van der Waals surface area (Å²) in [6.07, 6.45) is 3.32. The highest BCUT2D eigenvalue weighted by Gasteiger charge is 2.18. The average molecular weight is 587 g/mol. The zero-order valence-electron chi connectivity index (χ0n) is 24.0. The lowest BCUT2D eigenvalue weighted by Gasteiger charge is -2.24. The van der Waals surface area contributed by atoms with Crippen molar-refractivity contribution in [2.24, 2.45) is 5.73 Å². The molecule has 14 heteroatoms. The number of anilines is 3. The highest BCUT2D eigenvalue weighted by atomic mass is 32.1. The van der Waals surface area contributed by atoms with Crippen molar-refractivity contribution in [3.63, 3.8) is 0 Å². The molecule has 0 bridgehead atoms. The lowest BCUT2D eigenvalue weighted by molar-refractivity contribution is 0.305. The fraction of sp³-hybridized carbons (Fsp3) is 0.321. The molecule has 0 aliphatic rings. The van der Waals surface area contributed by atoms with Gasteiger partial charge in [0.2, 0.25) is 11.9 Å². The van der Waals surface area contributed by atoms with Crippen LogP contribution in [0.5, 0.6) is 5.75 Å². The first kappa shape index (κ1) is 29.0. The number of nitrogens with zero attached hydrogens (tertiary/aromatic N) is 8. The number of aromatic nitrogens is 7. The van der Waals surface area contributed by atoms with E-state index in [2.05, 4.69) is 66.9 Å². The van der Waals surface area contributed by atoms with E-state index in [4.69, 9.17) is 26.2 Å². The third-order valence-electron chi connectivity index (χ3n) is 6.59. The van der Waals surface area contributed by atoms with Crippen molar-refractivity contribution in [2.75, 3.05) is 50.2 Å². The lowest BCUT2D eigenvalue weighted by atomic mass is 9.99. The van der Waals surface area contributed by atoms with Crippen LogP contribution in [-0.2, 0) is 6.54 Å². The number of benzene rings is 2. The number of nitrogens with two attached hydrogens (primary N) is 2. The minimum atomic E-state index is -0.0373. The molecule has 0 fully saturated rings. The van der Waals surface area contributed by atoms with E-state index in [1.807, 2.05) is 32.3 Å². The fourth-order valence-electron chi connectivity index (χ4n) is 4.68. The number of ether oxygens (including phenoxy) is 1. The molecule has 0 spiro atoms. The zero-order valence-corrected chi connectivity index (χ0v) is 24.8. The van der Waals surface area contributed by atoms with Gasteiger partial charge >= 0.3 is 0 Å². The molecular formula is C28H34N12OS. The quantitative estimate of drug-likeness (QED) is 0.168. The van der Waals surface area contributed by atoms with Crippen LogP contribution in [0.3, 0.4) is 0 Å². The van der Waals surface area contributed by atoms with E-state index in [0.29, 0.717) is 32.2 Å². The highest BCUT2D eigenvalue weighted by Crippen LogP contribution is 2.30. The van der Waals surface area contributed by atoms with Crippen LogP contribution in [0.4, 0.5) is 17.6 Å². The van der Waals surface area contributed by atoms with E-state index >= 15 is 0 Å². The summed E-state index contributed by atoms with van der Waals surface area (Å²) in [5, 5.41) is 23.8. The molecule has 3 heterocycles. The fourth-order valence-corrected chi connectivity index (χ4v) is 5.57. The Balaban J connectivity index is 1.27. The maximum Gasteiger partial charge on any atom is 0.243 e. The molecule has 1 atom stereocenters. The zero-order chi connectivity index (χ0) is 29.6. The van der Waals surface area contributed by atoms with Crippen molar-refractivity contribution in [3.05, 3.63) is 64.6 Å². The predicted octanol–water partition coefficient (Wildman–Crippen LogP) is 3.20. The number of hydrogen-bond acceptors (Lipinski definition) is 14. The number of nitrogen functional groups attached to an aromatic ring is 1. The monoisotopic (exact) mass is 586 g/mol. The summed E-state index contributed by atoms with van der Waals surface area (Å²) < 4.78 is 6.70. The SMILES string of the molecule is Cc1cc(NCC(c2cnnc(N)n2)N(C)C)cc(C)c1-c1cnnc(NCc2nc3cc(OCCN)ccc3s2)n1. The van der Waals surface area contributed by atoms with Crippen molar-refractivity contribution in [2.45, 2.75) is 26.4 Å². The van der Waals surface area contributed by atoms with Gasteiger partial charge < -0.3 is 26.8 Å². The first-order valence-corrected chi connectivity index (χ1v) is 14.3. The Morgan fingerprint density at radius 2 is 1.76 bits per heavy atom. The number of rotatable bonds is 12. The molecule has 5 aromatic rings. The molecule has 3 aromatic heterocycles. The van der Waals surface area contributed by atoms with Gasteiger partial charge in [-0.1, -0.05) is 0 Å². The summed E-state index contributed by atoms with van der Waals surface area (Å²) >= 11 is 1.61. The number of thiazole rings is 1. The second-order valence-electron chi connectivity index (χ2n) is 9.98. The Kier molecular flexibility index (Phi) is 8.95. The van der Waals surface area contributed by atoms with Gasteiger partial charge in [-0.15, -0.1) is 21.5 Å². The van der Waals surface area contributed by atoms with Gasteiger partial charge in [0.15, 0.2) is 0 Å². The third kappa shape index (κ3) is 6.84. The van der Waals surface area contributed by atoms with Crippen molar-refractivity contribution in [3.8, 4) is 17.0 Å². The minimum Gasteiger partial charge on any atom is -0.492 e. The van der Waals surface area contributed by atoms with Gasteiger partial charge in [-0.05, 0) is 63.3 Å². The van der Waals surface area contributed by atoms with E-state index in [9.17, 15) is 0 Å². The minimum absolute atomic E-state index is 0.0373. The summed E-state index contributed by atoms with van der Waals surface area (Å²) in [7, 11) is 3.98. The number of likely N-dealkylation sites (N-methyl/N-ethyl adjacent to an activating group) is 1. The molecule has 42 heavy (non-hydrogen) atoms. The van der Waals surface area contributed by atoms with E-state index in [-0.39, 0.29) is 12.0 Å². The van der Waals surface area contributed by atoms with Crippen molar-refractivity contribution < 1.29 is 4.74 Å². The molecule has 218 valence electrons. The van der Waals surface area contributed by atoms with Crippen LogP contribution in [0.15, 0.2) is 42.7 Å². The summed E-state index contributed by atoms with van der Waals surface area (Å²) in [5.74, 6) is 1.35. The topological polar surface area (TPSA) is 179 Å². The number of fused-ring (bicyclic) bond motifs is 1. The molecule has 6 N–H and O–H groups in total. The molecule has 0 saturated carbocycles. The molecule has 0 saturated heterocycles. The summed E-state index contributed by atoms with van der Waals surface area (Å²) in [5.41, 5.74) is 17.8. The Morgan fingerprint density at radius 1 is 0.976 bits per heavy atom. The number of hydrogen-bond donors (Lipinski definition) is 4. The normalized spacial score (nSPS) is 12.0. The van der Waals surface area contributed by atoms with Gasteiger partial charge in [-0.25, -0.2) is 15.0 Å². The van der Waals surface area contributed by atoms with Crippen LogP contribution in [0.2, 0.25) is 0 Å². The van der Waals surface area contributed by atoms with E-state index in [1.54, 1.807) is 23.7 Å². The van der Waals surface area contributed by atoms with Crippen LogP contribution >= 0.6 is 11.3 Å². The maximum atomic E-state index is 5.76. The van der Waals surface area contributed by atoms with E-state index in [0.717, 1.165) is 54.7 Å². The van der Waals surface area contributed by atoms with Gasteiger partial charge in [0.25, 0.3) is 0 Å². The maximum absolute atomic E-state index is 5.76. The first-order valence-electron chi connectivity index (χ1n) is 13.4. The van der Waals surface area contributed by atoms with Gasteiger partial charge in [0.05, 0.1) is 46.6 Å². The first-order chi connectivity index (χ1) is 20.3. The van der Waals surface area contributed by atoms with Crippen molar-refractivity contribution >= 4 is 39.1 Å². The van der Waals surface area contributed by atoms with Crippen LogP contribution in [0.25, 0.3) is 21.5 Å². The summed E-state index contributed by atoms with van der Waals surface area (Å²) in [6, 6.07) is 10.0. The molecule has 2 aromatic carbocycles. The van der Waals surface area contributed by atoms with Crippen LogP contribution in [0.1, 0.15) is 27.9 Å². The second kappa shape index (κ2) is 13.0. The molecule has 1 unspecified atom stereocenters. The Labute approximate surface area is 247 Å². The van der Waals surface area contributed by atoms with Crippen molar-refractivity contribution in [1.82, 2.24) is 40.2 Å². The Bertz CT molecular complexity index is 1650. The summed E-state index contributed by atoms with van der Waals surface area (Å²) in [4.78, 5) is 15.9. The molecule has 0 radical (unpaired) electrons.